The lowest BCUT2D eigenvalue weighted by molar-refractivity contribution is -0.146. The molecule has 0 saturated carbocycles. The molecule has 0 heterocycles. The minimum absolute atomic E-state index is 0.293. The summed E-state index contributed by atoms with van der Waals surface area (Å²) >= 11 is 6.10. The summed E-state index contributed by atoms with van der Waals surface area (Å²) < 4.78 is 4.93. The average molecular weight is 400 g/mol. The van der Waals surface area contributed by atoms with E-state index in [1.165, 1.54) is 16.7 Å². The van der Waals surface area contributed by atoms with Gasteiger partial charge < -0.3 is 10.5 Å². The SMILES string of the molecule is CC(C)=C/C(=C(\C)Cl)c1ccc(C)cc1.CC(N)C(=O)OCc1ccccc1. The highest BCUT2D eigenvalue weighted by molar-refractivity contribution is 6.32. The summed E-state index contributed by atoms with van der Waals surface area (Å²) in [4.78, 5) is 11.0. The molecule has 0 saturated heterocycles. The second kappa shape index (κ2) is 12.2. The largest absolute Gasteiger partial charge is 0.460 e. The van der Waals surface area contributed by atoms with E-state index in [1.54, 1.807) is 6.92 Å². The topological polar surface area (TPSA) is 52.3 Å². The van der Waals surface area contributed by atoms with E-state index >= 15 is 0 Å². The first-order valence-corrected chi connectivity index (χ1v) is 9.63. The lowest BCUT2D eigenvalue weighted by Crippen LogP contribution is -2.28. The second-order valence-electron chi connectivity index (χ2n) is 6.92. The molecule has 0 aliphatic heterocycles. The Hall–Kier alpha value is -2.36. The number of nitrogens with two attached hydrogens (primary N) is 1. The number of allylic oxidation sites excluding steroid dienone is 4. The van der Waals surface area contributed by atoms with Crippen molar-refractivity contribution in [3.63, 3.8) is 0 Å². The van der Waals surface area contributed by atoms with Crippen LogP contribution in [0, 0.1) is 6.92 Å². The Kier molecular flexibility index (Phi) is 10.3. The van der Waals surface area contributed by atoms with E-state index in [-0.39, 0.29) is 5.97 Å². The third-order valence-electron chi connectivity index (χ3n) is 3.76. The van der Waals surface area contributed by atoms with E-state index in [1.807, 2.05) is 37.3 Å². The molecule has 150 valence electrons. The van der Waals surface area contributed by atoms with Crippen LogP contribution in [-0.4, -0.2) is 12.0 Å². The van der Waals surface area contributed by atoms with Gasteiger partial charge in [0.2, 0.25) is 0 Å². The van der Waals surface area contributed by atoms with Crippen molar-refractivity contribution >= 4 is 23.1 Å². The third-order valence-corrected chi connectivity index (χ3v) is 3.97. The van der Waals surface area contributed by atoms with Gasteiger partial charge in [0.05, 0.1) is 0 Å². The molecule has 0 aliphatic carbocycles. The van der Waals surface area contributed by atoms with Crippen molar-refractivity contribution in [2.24, 2.45) is 5.73 Å². The summed E-state index contributed by atoms with van der Waals surface area (Å²) in [6, 6.07) is 17.4. The monoisotopic (exact) mass is 399 g/mol. The first-order valence-electron chi connectivity index (χ1n) is 9.25. The van der Waals surface area contributed by atoms with E-state index in [4.69, 9.17) is 22.1 Å². The van der Waals surface area contributed by atoms with Crippen LogP contribution in [0.5, 0.6) is 0 Å². The van der Waals surface area contributed by atoms with Gasteiger partial charge in [-0.15, -0.1) is 0 Å². The van der Waals surface area contributed by atoms with Gasteiger partial charge in [-0.2, -0.15) is 0 Å². The quantitative estimate of drug-likeness (QED) is 0.494. The van der Waals surface area contributed by atoms with Crippen LogP contribution in [-0.2, 0) is 16.1 Å². The van der Waals surface area contributed by atoms with Crippen molar-refractivity contribution < 1.29 is 9.53 Å². The Bertz CT molecular complexity index is 798. The molecule has 2 aromatic rings. The molecule has 28 heavy (non-hydrogen) atoms. The number of aryl methyl sites for hydroxylation is 1. The first kappa shape index (κ1) is 23.7. The van der Waals surface area contributed by atoms with Gasteiger partial charge in [-0.05, 0) is 51.3 Å². The van der Waals surface area contributed by atoms with E-state index in [0.717, 1.165) is 16.2 Å². The minimum atomic E-state index is -0.552. The highest BCUT2D eigenvalue weighted by Gasteiger charge is 2.07. The van der Waals surface area contributed by atoms with Crippen LogP contribution in [0.4, 0.5) is 0 Å². The van der Waals surface area contributed by atoms with Crippen molar-refractivity contribution in [1.82, 2.24) is 0 Å². The Balaban J connectivity index is 0.000000283. The van der Waals surface area contributed by atoms with Gasteiger partial charge in [0.1, 0.15) is 12.6 Å². The van der Waals surface area contributed by atoms with Gasteiger partial charge in [-0.1, -0.05) is 83.4 Å². The maximum absolute atomic E-state index is 11.0. The van der Waals surface area contributed by atoms with E-state index in [0.29, 0.717) is 6.61 Å². The number of carbonyl (C=O) groups is 1. The molecule has 3 nitrogen and oxygen atoms in total. The molecule has 0 radical (unpaired) electrons. The molecule has 0 spiro atoms. The Morgan fingerprint density at radius 2 is 1.64 bits per heavy atom. The van der Waals surface area contributed by atoms with Crippen molar-refractivity contribution in [1.29, 1.82) is 0 Å². The van der Waals surface area contributed by atoms with Gasteiger partial charge in [0, 0.05) is 5.03 Å². The number of halogens is 1. The highest BCUT2D eigenvalue weighted by Crippen LogP contribution is 2.24. The molecule has 1 unspecified atom stereocenters. The van der Waals surface area contributed by atoms with Crippen LogP contribution in [0.25, 0.3) is 5.57 Å². The molecule has 4 heteroatoms. The zero-order valence-electron chi connectivity index (χ0n) is 17.3. The molecule has 2 aromatic carbocycles. The Morgan fingerprint density at radius 3 is 2.11 bits per heavy atom. The van der Waals surface area contributed by atoms with Gasteiger partial charge in [-0.25, -0.2) is 0 Å². The number of benzene rings is 2. The fourth-order valence-electron chi connectivity index (χ4n) is 2.26. The van der Waals surface area contributed by atoms with Crippen molar-refractivity contribution in [2.75, 3.05) is 0 Å². The summed E-state index contributed by atoms with van der Waals surface area (Å²) in [5.74, 6) is -0.371. The van der Waals surface area contributed by atoms with Crippen LogP contribution in [0.1, 0.15) is 44.4 Å². The van der Waals surface area contributed by atoms with Crippen LogP contribution in [0.2, 0.25) is 0 Å². The third kappa shape index (κ3) is 9.03. The number of rotatable bonds is 5. The first-order chi connectivity index (χ1) is 13.2. The summed E-state index contributed by atoms with van der Waals surface area (Å²) in [5, 5.41) is 0.833. The molecule has 2 rings (SSSR count). The molecule has 1 atom stereocenters. The fourth-order valence-corrected chi connectivity index (χ4v) is 2.43. The predicted molar refractivity (Wildman–Crippen MR) is 119 cm³/mol. The van der Waals surface area contributed by atoms with Crippen molar-refractivity contribution in [3.05, 3.63) is 88.0 Å². The molecule has 0 aliphatic rings. The maximum Gasteiger partial charge on any atom is 0.322 e. The smallest absolute Gasteiger partial charge is 0.322 e. The fraction of sp³-hybridized carbons (Fsp3) is 0.292. The Labute approximate surface area is 173 Å². The van der Waals surface area contributed by atoms with Gasteiger partial charge in [0.15, 0.2) is 0 Å². The van der Waals surface area contributed by atoms with Gasteiger partial charge in [-0.3, -0.25) is 4.79 Å². The minimum Gasteiger partial charge on any atom is -0.460 e. The molecule has 0 bridgehead atoms. The lowest BCUT2D eigenvalue weighted by Gasteiger charge is -2.06. The number of esters is 1. The summed E-state index contributed by atoms with van der Waals surface area (Å²) in [5.41, 5.74) is 11.1. The molecular weight excluding hydrogens is 370 g/mol. The van der Waals surface area contributed by atoms with Crippen LogP contribution >= 0.6 is 11.6 Å². The van der Waals surface area contributed by atoms with Crippen LogP contribution < -0.4 is 5.73 Å². The van der Waals surface area contributed by atoms with Gasteiger partial charge >= 0.3 is 5.97 Å². The molecule has 0 amide bonds. The summed E-state index contributed by atoms with van der Waals surface area (Å²) in [6.07, 6.45) is 2.12. The van der Waals surface area contributed by atoms with E-state index in [2.05, 4.69) is 51.1 Å². The summed E-state index contributed by atoms with van der Waals surface area (Å²) in [6.45, 7) is 10.1. The highest BCUT2D eigenvalue weighted by atomic mass is 35.5. The van der Waals surface area contributed by atoms with E-state index < -0.39 is 6.04 Å². The van der Waals surface area contributed by atoms with Crippen molar-refractivity contribution in [2.45, 2.75) is 47.3 Å². The molecule has 2 N–H and O–H groups in total. The number of carbonyl (C=O) groups excluding carboxylic acids is 1. The average Bonchev–Trinajstić information content (AvgIpc) is 2.66. The molecule has 0 aromatic heterocycles. The predicted octanol–water partition coefficient (Wildman–Crippen LogP) is 6.01. The maximum atomic E-state index is 11.0. The van der Waals surface area contributed by atoms with E-state index in [9.17, 15) is 4.79 Å². The van der Waals surface area contributed by atoms with Crippen molar-refractivity contribution in [3.8, 4) is 0 Å². The number of ether oxygens (including phenoxy) is 1. The zero-order valence-corrected chi connectivity index (χ0v) is 18.1. The molecular formula is C24H30ClNO2. The summed E-state index contributed by atoms with van der Waals surface area (Å²) in [7, 11) is 0. The zero-order chi connectivity index (χ0) is 21.1. The Morgan fingerprint density at radius 1 is 1.07 bits per heavy atom. The normalized spacial score (nSPS) is 12.1. The molecule has 0 fully saturated rings. The number of hydrogen-bond acceptors (Lipinski definition) is 3. The standard InChI is InChI=1S/C14H17Cl.C10H13NO2/c1-10(2)9-14(12(4)15)13-7-5-11(3)6-8-13;1-8(11)10(12)13-7-9-5-3-2-4-6-9/h5-9H,1-4H3;2-6,8H,7,11H2,1H3/b14-12-;. The lowest BCUT2D eigenvalue weighted by atomic mass is 10.0. The number of hydrogen-bond donors (Lipinski definition) is 1. The van der Waals surface area contributed by atoms with Crippen LogP contribution in [0.3, 0.4) is 0 Å². The second-order valence-corrected chi connectivity index (χ2v) is 7.48. The van der Waals surface area contributed by atoms with Gasteiger partial charge in [0.25, 0.3) is 0 Å². The van der Waals surface area contributed by atoms with Crippen LogP contribution in [0.15, 0.2) is 71.3 Å².